The Morgan fingerprint density at radius 1 is 1.42 bits per heavy atom. The zero-order chi connectivity index (χ0) is 13.8. The fourth-order valence-electron chi connectivity index (χ4n) is 1.84. The molecule has 0 bridgehead atoms. The summed E-state index contributed by atoms with van der Waals surface area (Å²) in [7, 11) is 1.88. The van der Waals surface area contributed by atoms with Crippen LogP contribution in [0.4, 0.5) is 5.82 Å². The van der Waals surface area contributed by atoms with Gasteiger partial charge in [0.15, 0.2) is 0 Å². The van der Waals surface area contributed by atoms with Gasteiger partial charge in [0.1, 0.15) is 11.4 Å². The van der Waals surface area contributed by atoms with E-state index in [1.54, 1.807) is 23.5 Å². The Kier molecular flexibility index (Phi) is 4.16. The van der Waals surface area contributed by atoms with Gasteiger partial charge in [-0.15, -0.1) is 11.3 Å². The summed E-state index contributed by atoms with van der Waals surface area (Å²) in [5, 5.41) is 11.2. The Balaban J connectivity index is 2.15. The number of aryl methyl sites for hydroxylation is 1. The molecule has 2 heterocycles. The first kappa shape index (κ1) is 13.5. The van der Waals surface area contributed by atoms with E-state index in [4.69, 9.17) is 0 Å². The number of anilines is 1. The summed E-state index contributed by atoms with van der Waals surface area (Å²) in [6.07, 6.45) is 0.892. The van der Waals surface area contributed by atoms with Crippen molar-refractivity contribution in [1.29, 1.82) is 0 Å². The average Bonchev–Trinajstić information content (AvgIpc) is 2.88. The van der Waals surface area contributed by atoms with Gasteiger partial charge in [0.2, 0.25) is 0 Å². The fraction of sp³-hybridized carbons (Fsp3) is 0.286. The van der Waals surface area contributed by atoms with Gasteiger partial charge < -0.3 is 10.0 Å². The predicted octanol–water partition coefficient (Wildman–Crippen LogP) is 2.83. The number of aromatic nitrogens is 1. The zero-order valence-electron chi connectivity index (χ0n) is 11.0. The third-order valence-corrected chi connectivity index (χ3v) is 3.82. The first-order chi connectivity index (χ1) is 9.08. The number of pyridine rings is 1. The van der Waals surface area contributed by atoms with Gasteiger partial charge in [-0.05, 0) is 36.9 Å². The van der Waals surface area contributed by atoms with Crippen molar-refractivity contribution in [2.75, 3.05) is 18.5 Å². The van der Waals surface area contributed by atoms with E-state index in [0.29, 0.717) is 5.82 Å². The van der Waals surface area contributed by atoms with Crippen molar-refractivity contribution >= 4 is 23.1 Å². The minimum absolute atomic E-state index is 0.249. The van der Waals surface area contributed by atoms with E-state index in [2.05, 4.69) is 11.1 Å². The first-order valence-corrected chi connectivity index (χ1v) is 6.90. The molecule has 2 rings (SSSR count). The number of carbonyl (C=O) groups is 1. The summed E-state index contributed by atoms with van der Waals surface area (Å²) in [5.41, 5.74) is 1.07. The topological polar surface area (TPSA) is 53.4 Å². The standard InChI is InChI=1S/C14H16N2O2S/c1-10-5-6-12(14(17)18)13(15-10)16(2)8-7-11-4-3-9-19-11/h3-6,9H,7-8H2,1-2H3,(H,17,18). The summed E-state index contributed by atoms with van der Waals surface area (Å²) >= 11 is 1.71. The molecule has 1 N–H and O–H groups in total. The molecule has 0 aliphatic rings. The molecule has 19 heavy (non-hydrogen) atoms. The Bertz CT molecular complexity index is 567. The SMILES string of the molecule is Cc1ccc(C(=O)O)c(N(C)CCc2cccs2)n1. The van der Waals surface area contributed by atoms with Gasteiger partial charge in [-0.1, -0.05) is 6.07 Å². The van der Waals surface area contributed by atoms with Gasteiger partial charge in [0.05, 0.1) is 0 Å². The lowest BCUT2D eigenvalue weighted by molar-refractivity contribution is 0.0697. The molecule has 0 fully saturated rings. The van der Waals surface area contributed by atoms with Crippen molar-refractivity contribution < 1.29 is 9.90 Å². The fourth-order valence-corrected chi connectivity index (χ4v) is 2.54. The highest BCUT2D eigenvalue weighted by atomic mass is 32.1. The van der Waals surface area contributed by atoms with Gasteiger partial charge in [0, 0.05) is 24.2 Å². The van der Waals surface area contributed by atoms with Crippen LogP contribution in [-0.4, -0.2) is 29.7 Å². The molecule has 0 amide bonds. The normalized spacial score (nSPS) is 10.4. The van der Waals surface area contributed by atoms with Crippen LogP contribution >= 0.6 is 11.3 Å². The average molecular weight is 276 g/mol. The van der Waals surface area contributed by atoms with E-state index >= 15 is 0 Å². The molecule has 2 aromatic rings. The third kappa shape index (κ3) is 3.32. The molecule has 0 aliphatic heterocycles. The maximum absolute atomic E-state index is 11.2. The van der Waals surface area contributed by atoms with Crippen molar-refractivity contribution in [1.82, 2.24) is 4.98 Å². The van der Waals surface area contributed by atoms with Crippen LogP contribution in [-0.2, 0) is 6.42 Å². The Morgan fingerprint density at radius 2 is 2.21 bits per heavy atom. The molecular formula is C14H16N2O2S. The Labute approximate surface area is 116 Å². The van der Waals surface area contributed by atoms with E-state index in [0.717, 1.165) is 18.7 Å². The summed E-state index contributed by atoms with van der Waals surface area (Å²) in [6.45, 7) is 2.61. The van der Waals surface area contributed by atoms with Crippen LogP contribution in [0.15, 0.2) is 29.6 Å². The minimum Gasteiger partial charge on any atom is -0.478 e. The maximum atomic E-state index is 11.2. The van der Waals surface area contributed by atoms with Crippen LogP contribution in [0.1, 0.15) is 20.9 Å². The zero-order valence-corrected chi connectivity index (χ0v) is 11.8. The highest BCUT2D eigenvalue weighted by Crippen LogP contribution is 2.18. The van der Waals surface area contributed by atoms with Gasteiger partial charge in [0.25, 0.3) is 0 Å². The molecule has 0 aromatic carbocycles. The molecule has 5 heteroatoms. The lowest BCUT2D eigenvalue weighted by atomic mass is 10.2. The number of likely N-dealkylation sites (N-methyl/N-ethyl adjacent to an activating group) is 1. The second-order valence-corrected chi connectivity index (χ2v) is 5.41. The van der Waals surface area contributed by atoms with Crippen LogP contribution in [0.2, 0.25) is 0 Å². The van der Waals surface area contributed by atoms with Crippen LogP contribution in [0.25, 0.3) is 0 Å². The summed E-state index contributed by atoms with van der Waals surface area (Å²) in [6, 6.07) is 7.44. The van der Waals surface area contributed by atoms with Crippen LogP contribution < -0.4 is 4.90 Å². The maximum Gasteiger partial charge on any atom is 0.339 e. The molecule has 0 unspecified atom stereocenters. The summed E-state index contributed by atoms with van der Waals surface area (Å²) < 4.78 is 0. The Morgan fingerprint density at radius 3 is 2.84 bits per heavy atom. The highest BCUT2D eigenvalue weighted by Gasteiger charge is 2.15. The van der Waals surface area contributed by atoms with E-state index in [9.17, 15) is 9.90 Å². The largest absolute Gasteiger partial charge is 0.478 e. The second-order valence-electron chi connectivity index (χ2n) is 4.38. The molecule has 4 nitrogen and oxygen atoms in total. The summed E-state index contributed by atoms with van der Waals surface area (Å²) in [4.78, 5) is 18.7. The number of rotatable bonds is 5. The minimum atomic E-state index is -0.939. The highest BCUT2D eigenvalue weighted by molar-refractivity contribution is 7.09. The lowest BCUT2D eigenvalue weighted by Crippen LogP contribution is -2.24. The van der Waals surface area contributed by atoms with E-state index in [-0.39, 0.29) is 5.56 Å². The van der Waals surface area contributed by atoms with E-state index in [1.807, 2.05) is 30.3 Å². The molecule has 0 atom stereocenters. The quantitative estimate of drug-likeness (QED) is 0.912. The number of carboxylic acid groups (broad SMARTS) is 1. The van der Waals surface area contributed by atoms with Gasteiger partial charge in [-0.3, -0.25) is 0 Å². The molecular weight excluding hydrogens is 260 g/mol. The first-order valence-electron chi connectivity index (χ1n) is 6.02. The number of hydrogen-bond acceptors (Lipinski definition) is 4. The second kappa shape index (κ2) is 5.84. The molecule has 100 valence electrons. The molecule has 0 aliphatic carbocycles. The number of hydrogen-bond donors (Lipinski definition) is 1. The predicted molar refractivity (Wildman–Crippen MR) is 77.2 cm³/mol. The molecule has 0 saturated heterocycles. The van der Waals surface area contributed by atoms with Crippen LogP contribution in [0.5, 0.6) is 0 Å². The molecule has 0 spiro atoms. The number of thiophene rings is 1. The number of carboxylic acids is 1. The van der Waals surface area contributed by atoms with Crippen molar-refractivity contribution in [3.05, 3.63) is 45.8 Å². The number of nitrogens with zero attached hydrogens (tertiary/aromatic N) is 2. The van der Waals surface area contributed by atoms with Crippen LogP contribution in [0, 0.1) is 6.92 Å². The third-order valence-electron chi connectivity index (χ3n) is 2.88. The van der Waals surface area contributed by atoms with Gasteiger partial charge in [-0.25, -0.2) is 9.78 Å². The van der Waals surface area contributed by atoms with Crippen molar-refractivity contribution in [2.45, 2.75) is 13.3 Å². The van der Waals surface area contributed by atoms with Crippen molar-refractivity contribution in [3.63, 3.8) is 0 Å². The van der Waals surface area contributed by atoms with Gasteiger partial charge >= 0.3 is 5.97 Å². The monoisotopic (exact) mass is 276 g/mol. The van der Waals surface area contributed by atoms with E-state index in [1.165, 1.54) is 4.88 Å². The van der Waals surface area contributed by atoms with E-state index < -0.39 is 5.97 Å². The van der Waals surface area contributed by atoms with Gasteiger partial charge in [-0.2, -0.15) is 0 Å². The van der Waals surface area contributed by atoms with Crippen molar-refractivity contribution in [3.8, 4) is 0 Å². The molecule has 2 aromatic heterocycles. The number of aromatic carboxylic acids is 1. The lowest BCUT2D eigenvalue weighted by Gasteiger charge is -2.20. The molecule has 0 saturated carbocycles. The Hall–Kier alpha value is -1.88. The summed E-state index contributed by atoms with van der Waals surface area (Å²) in [5.74, 6) is -0.408. The van der Waals surface area contributed by atoms with Crippen molar-refractivity contribution in [2.24, 2.45) is 0 Å². The van der Waals surface area contributed by atoms with Crippen LogP contribution in [0.3, 0.4) is 0 Å². The smallest absolute Gasteiger partial charge is 0.339 e. The molecule has 0 radical (unpaired) electrons.